The van der Waals surface area contributed by atoms with E-state index in [9.17, 15) is 4.39 Å². The average molecular weight is 357 g/mol. The molecule has 0 fully saturated rings. The van der Waals surface area contributed by atoms with Crippen LogP contribution >= 0.6 is 11.8 Å². The summed E-state index contributed by atoms with van der Waals surface area (Å²) < 4.78 is 14.2. The van der Waals surface area contributed by atoms with Crippen LogP contribution in [0.4, 0.5) is 10.3 Å². The van der Waals surface area contributed by atoms with Crippen molar-refractivity contribution in [2.45, 2.75) is 17.8 Å². The van der Waals surface area contributed by atoms with E-state index in [0.717, 1.165) is 11.3 Å². The van der Waals surface area contributed by atoms with Crippen molar-refractivity contribution in [1.29, 1.82) is 0 Å². The highest BCUT2D eigenvalue weighted by atomic mass is 32.2. The molecule has 25 heavy (non-hydrogen) atoms. The number of pyridine rings is 1. The molecule has 0 bridgehead atoms. The first-order valence-corrected chi connectivity index (χ1v) is 8.41. The quantitative estimate of drug-likeness (QED) is 0.305. The number of thioether (sulfide) groups is 1. The number of anilines is 1. The number of hydrogen-bond donors (Lipinski definition) is 2. The second-order valence-electron chi connectivity index (χ2n) is 5.12. The number of rotatable bonds is 6. The van der Waals surface area contributed by atoms with Crippen LogP contribution in [0.25, 0.3) is 0 Å². The van der Waals surface area contributed by atoms with E-state index in [1.165, 1.54) is 28.6 Å². The number of nitrogens with one attached hydrogen (secondary N) is 1. The van der Waals surface area contributed by atoms with Crippen LogP contribution in [0, 0.1) is 5.82 Å². The number of nitrogens with zero attached hydrogens (tertiary/aromatic N) is 5. The van der Waals surface area contributed by atoms with Gasteiger partial charge in [0.15, 0.2) is 0 Å². The van der Waals surface area contributed by atoms with Crippen molar-refractivity contribution < 1.29 is 4.39 Å². The van der Waals surface area contributed by atoms with Crippen molar-refractivity contribution in [3.8, 4) is 0 Å². The van der Waals surface area contributed by atoms with Crippen LogP contribution in [-0.2, 0) is 5.75 Å². The Morgan fingerprint density at radius 3 is 2.76 bits per heavy atom. The van der Waals surface area contributed by atoms with Gasteiger partial charge in [0.2, 0.25) is 5.16 Å². The van der Waals surface area contributed by atoms with Crippen LogP contribution in [-0.4, -0.2) is 25.6 Å². The van der Waals surface area contributed by atoms with Crippen molar-refractivity contribution >= 4 is 23.4 Å². The summed E-state index contributed by atoms with van der Waals surface area (Å²) in [6.45, 7) is 1.83. The van der Waals surface area contributed by atoms with E-state index in [1.54, 1.807) is 18.3 Å². The molecule has 1 aromatic carbocycles. The highest BCUT2D eigenvalue weighted by Crippen LogP contribution is 2.21. The Hall–Kier alpha value is -2.94. The van der Waals surface area contributed by atoms with Crippen molar-refractivity contribution in [2.75, 3.05) is 11.3 Å². The molecule has 0 aliphatic rings. The summed E-state index contributed by atoms with van der Waals surface area (Å²) in [5, 5.41) is 12.7. The first-order valence-electron chi connectivity index (χ1n) is 7.43. The Balaban J connectivity index is 1.64. The van der Waals surface area contributed by atoms with Crippen LogP contribution in [0.15, 0.2) is 58.9 Å². The van der Waals surface area contributed by atoms with Gasteiger partial charge < -0.3 is 5.84 Å². The monoisotopic (exact) mass is 357 g/mol. The fourth-order valence-corrected chi connectivity index (χ4v) is 2.76. The lowest BCUT2D eigenvalue weighted by atomic mass is 10.2. The molecule has 7 nitrogen and oxygen atoms in total. The van der Waals surface area contributed by atoms with Gasteiger partial charge >= 0.3 is 0 Å². The molecular weight excluding hydrogens is 341 g/mol. The second kappa shape index (κ2) is 7.75. The first-order chi connectivity index (χ1) is 12.1. The average Bonchev–Trinajstić information content (AvgIpc) is 3.00. The van der Waals surface area contributed by atoms with Crippen LogP contribution in [0.1, 0.15) is 18.2 Å². The zero-order chi connectivity index (χ0) is 17.6. The molecule has 3 aromatic rings. The maximum atomic E-state index is 12.9. The van der Waals surface area contributed by atoms with E-state index < -0.39 is 0 Å². The van der Waals surface area contributed by atoms with E-state index in [0.29, 0.717) is 22.6 Å². The summed E-state index contributed by atoms with van der Waals surface area (Å²) in [4.78, 5) is 4.21. The van der Waals surface area contributed by atoms with Gasteiger partial charge in [-0.2, -0.15) is 5.10 Å². The zero-order valence-electron chi connectivity index (χ0n) is 13.4. The molecule has 0 amide bonds. The summed E-state index contributed by atoms with van der Waals surface area (Å²) in [5.41, 5.74) is 5.20. The Kier molecular flexibility index (Phi) is 5.24. The molecule has 2 aromatic heterocycles. The second-order valence-corrected chi connectivity index (χ2v) is 6.06. The number of hydrogen-bond acceptors (Lipinski definition) is 7. The minimum absolute atomic E-state index is 0.261. The summed E-state index contributed by atoms with van der Waals surface area (Å²) in [6, 6.07) is 11.9. The molecular formula is C16H16FN7S. The third-order valence-corrected chi connectivity index (χ3v) is 4.32. The number of nitrogen functional groups attached to an aromatic ring is 1. The topological polar surface area (TPSA) is 94.0 Å². The molecule has 2 heterocycles. The van der Waals surface area contributed by atoms with E-state index in [4.69, 9.17) is 5.84 Å². The van der Waals surface area contributed by atoms with E-state index in [1.807, 2.05) is 25.1 Å². The number of nitrogens with two attached hydrogens (primary N) is 1. The molecule has 0 spiro atoms. The predicted molar refractivity (Wildman–Crippen MR) is 96.2 cm³/mol. The van der Waals surface area contributed by atoms with Gasteiger partial charge in [-0.1, -0.05) is 30.0 Å². The zero-order valence-corrected chi connectivity index (χ0v) is 14.2. The van der Waals surface area contributed by atoms with Crippen molar-refractivity contribution in [3.05, 3.63) is 65.7 Å². The molecule has 0 atom stereocenters. The molecule has 0 aliphatic heterocycles. The molecule has 3 N–H and O–H groups in total. The van der Waals surface area contributed by atoms with E-state index >= 15 is 0 Å². The standard InChI is InChI=1S/C16H16FN7S/c1-11(14-4-2-3-9-19-14)20-21-15-22-23-16(24(15)18)25-10-12-5-7-13(17)8-6-12/h2-9H,10,18H2,1H3,(H,21,22)/b20-11+. The third kappa shape index (κ3) is 4.32. The molecule has 0 radical (unpaired) electrons. The fraction of sp³-hybridized carbons (Fsp3) is 0.125. The van der Waals surface area contributed by atoms with Crippen molar-refractivity contribution in [1.82, 2.24) is 19.9 Å². The van der Waals surface area contributed by atoms with E-state index in [-0.39, 0.29) is 5.82 Å². The van der Waals surface area contributed by atoms with Gasteiger partial charge in [0.25, 0.3) is 5.95 Å². The normalized spacial score (nSPS) is 11.5. The summed E-state index contributed by atoms with van der Waals surface area (Å²) >= 11 is 1.40. The van der Waals surface area contributed by atoms with Crippen LogP contribution < -0.4 is 11.3 Å². The molecule has 128 valence electrons. The van der Waals surface area contributed by atoms with Gasteiger partial charge in [-0.05, 0) is 36.8 Å². The minimum atomic E-state index is -0.261. The largest absolute Gasteiger partial charge is 0.334 e. The molecule has 3 rings (SSSR count). The Bertz CT molecular complexity index is 862. The lowest BCUT2D eigenvalue weighted by Crippen LogP contribution is -2.14. The lowest BCUT2D eigenvalue weighted by Gasteiger charge is -2.04. The van der Waals surface area contributed by atoms with Crippen LogP contribution in [0.5, 0.6) is 0 Å². The molecule has 9 heteroatoms. The molecule has 0 aliphatic carbocycles. The number of hydrazone groups is 1. The van der Waals surface area contributed by atoms with Gasteiger partial charge in [0.05, 0.1) is 11.4 Å². The number of benzene rings is 1. The first kappa shape index (κ1) is 16.9. The molecule has 0 unspecified atom stereocenters. The highest BCUT2D eigenvalue weighted by molar-refractivity contribution is 7.98. The van der Waals surface area contributed by atoms with Gasteiger partial charge in [0, 0.05) is 11.9 Å². The fourth-order valence-electron chi connectivity index (χ4n) is 1.95. The smallest absolute Gasteiger partial charge is 0.264 e. The summed E-state index contributed by atoms with van der Waals surface area (Å²) in [5.74, 6) is 6.64. The summed E-state index contributed by atoms with van der Waals surface area (Å²) in [6.07, 6.45) is 1.70. The Morgan fingerprint density at radius 2 is 2.04 bits per heavy atom. The van der Waals surface area contributed by atoms with Crippen molar-refractivity contribution in [3.63, 3.8) is 0 Å². The van der Waals surface area contributed by atoms with Crippen LogP contribution in [0.2, 0.25) is 0 Å². The summed E-state index contributed by atoms with van der Waals surface area (Å²) in [7, 11) is 0. The number of aromatic nitrogens is 4. The van der Waals surface area contributed by atoms with Crippen molar-refractivity contribution in [2.24, 2.45) is 5.10 Å². The van der Waals surface area contributed by atoms with Gasteiger partial charge in [-0.15, -0.1) is 10.2 Å². The Morgan fingerprint density at radius 1 is 1.24 bits per heavy atom. The Labute approximate surface area is 148 Å². The predicted octanol–water partition coefficient (Wildman–Crippen LogP) is 2.65. The van der Waals surface area contributed by atoms with E-state index in [2.05, 4.69) is 25.7 Å². The maximum absolute atomic E-state index is 12.9. The minimum Gasteiger partial charge on any atom is -0.334 e. The maximum Gasteiger partial charge on any atom is 0.264 e. The van der Waals surface area contributed by atoms with Gasteiger partial charge in [0.1, 0.15) is 5.82 Å². The molecule has 0 saturated carbocycles. The SMILES string of the molecule is C/C(=N\Nc1nnc(SCc2ccc(F)cc2)n1N)c1ccccn1. The van der Waals surface area contributed by atoms with Crippen LogP contribution in [0.3, 0.4) is 0 Å². The van der Waals surface area contributed by atoms with Gasteiger partial charge in [-0.25, -0.2) is 14.5 Å². The molecule has 0 saturated heterocycles. The number of halogens is 1. The van der Waals surface area contributed by atoms with Gasteiger partial charge in [-0.3, -0.25) is 4.98 Å². The highest BCUT2D eigenvalue weighted by Gasteiger charge is 2.10. The third-order valence-electron chi connectivity index (χ3n) is 3.30. The lowest BCUT2D eigenvalue weighted by molar-refractivity contribution is 0.627.